The van der Waals surface area contributed by atoms with Gasteiger partial charge in [-0.3, -0.25) is 9.21 Å². The number of anilines is 6. The number of nitrogens with zero attached hydrogens (tertiary/aromatic N) is 6. The lowest BCUT2D eigenvalue weighted by molar-refractivity contribution is 0.0768. The molecular weight excluding hydrogens is 700 g/mol. The number of hydrogen-bond donors (Lipinski definition) is 2. The molecule has 0 radical (unpaired) electrons. The number of halogens is 1. The second-order valence-corrected chi connectivity index (χ2v) is 15.0. The van der Waals surface area contributed by atoms with E-state index in [0.717, 1.165) is 86.8 Å². The SMILES string of the molecule is COc1cc(N2CCN(CC3CCN(C(=O)OCc4ccccc4)CC3)CC2)c(C)cc1Nc1ncc(Cl)c(Nc2ccccc2N(C)S(C)=O)n1. The zero-order valence-electron chi connectivity index (χ0n) is 30.2. The Morgan fingerprint density at radius 2 is 1.69 bits per heavy atom. The molecule has 2 aliphatic heterocycles. The molecule has 0 bridgehead atoms. The van der Waals surface area contributed by atoms with Crippen molar-refractivity contribution in [3.8, 4) is 5.75 Å². The molecule has 4 aromatic rings. The second kappa shape index (κ2) is 17.3. The minimum absolute atomic E-state index is 0.219. The molecule has 52 heavy (non-hydrogen) atoms. The Morgan fingerprint density at radius 3 is 2.40 bits per heavy atom. The van der Waals surface area contributed by atoms with E-state index in [1.807, 2.05) is 59.5 Å². The van der Waals surface area contributed by atoms with Crippen LogP contribution in [0.2, 0.25) is 5.02 Å². The van der Waals surface area contributed by atoms with Gasteiger partial charge in [0.05, 0.1) is 30.4 Å². The van der Waals surface area contributed by atoms with E-state index in [1.54, 1.807) is 30.9 Å². The number of para-hydroxylation sites is 2. The number of benzene rings is 3. The average Bonchev–Trinajstić information content (AvgIpc) is 3.16. The van der Waals surface area contributed by atoms with Gasteiger partial charge in [-0.1, -0.05) is 54.1 Å². The van der Waals surface area contributed by atoms with Crippen LogP contribution in [0, 0.1) is 12.8 Å². The summed E-state index contributed by atoms with van der Waals surface area (Å²) < 4.78 is 25.2. The molecule has 1 atom stereocenters. The van der Waals surface area contributed by atoms with Gasteiger partial charge in [0, 0.05) is 70.9 Å². The maximum atomic E-state index is 12.6. The van der Waals surface area contributed by atoms with E-state index in [1.165, 1.54) is 0 Å². The standard InChI is InChI=1S/C38H47ClN8O4S/c1-27-22-32(42-37-40-24-30(39)36(43-37)41-31-12-8-9-13-33(31)44(2)52(4)49)35(50-3)23-34(27)46-20-18-45(19-21-46)25-28-14-16-47(17-15-28)38(48)51-26-29-10-6-5-7-11-29/h5-13,22-24,28H,14-21,25-26H2,1-4H3,(H2,40,41,42,43). The molecule has 0 aliphatic carbocycles. The van der Waals surface area contributed by atoms with Gasteiger partial charge in [-0.15, -0.1) is 0 Å². The Morgan fingerprint density at radius 1 is 0.981 bits per heavy atom. The van der Waals surface area contributed by atoms with Crippen molar-refractivity contribution in [2.24, 2.45) is 5.92 Å². The fourth-order valence-corrected chi connectivity index (χ4v) is 7.26. The highest BCUT2D eigenvalue weighted by atomic mass is 35.5. The summed E-state index contributed by atoms with van der Waals surface area (Å²) in [6.45, 7) is 8.72. The predicted octanol–water partition coefficient (Wildman–Crippen LogP) is 6.83. The maximum absolute atomic E-state index is 12.6. The van der Waals surface area contributed by atoms with Gasteiger partial charge in [-0.2, -0.15) is 4.98 Å². The normalized spacial score (nSPS) is 15.9. The molecule has 1 amide bonds. The van der Waals surface area contributed by atoms with Crippen LogP contribution in [0.4, 0.5) is 39.3 Å². The predicted molar refractivity (Wildman–Crippen MR) is 210 cm³/mol. The van der Waals surface area contributed by atoms with E-state index in [4.69, 9.17) is 21.1 Å². The third-order valence-electron chi connectivity index (χ3n) is 9.70. The van der Waals surface area contributed by atoms with Crippen LogP contribution in [0.25, 0.3) is 0 Å². The third-order valence-corrected chi connectivity index (χ3v) is 10.9. The summed E-state index contributed by atoms with van der Waals surface area (Å²) in [5, 5.41) is 6.94. The van der Waals surface area contributed by atoms with E-state index in [9.17, 15) is 9.00 Å². The summed E-state index contributed by atoms with van der Waals surface area (Å²) in [6, 6.07) is 21.5. The molecule has 3 aromatic carbocycles. The first-order valence-corrected chi connectivity index (χ1v) is 19.4. The van der Waals surface area contributed by atoms with Crippen LogP contribution in [-0.4, -0.2) is 96.3 Å². The highest BCUT2D eigenvalue weighted by Crippen LogP contribution is 2.36. The number of ether oxygens (including phenoxy) is 2. The van der Waals surface area contributed by atoms with Gasteiger partial charge in [0.15, 0.2) is 5.82 Å². The number of piperidine rings is 1. The zero-order chi connectivity index (χ0) is 36.6. The average molecular weight is 747 g/mol. The number of aromatic nitrogens is 2. The summed E-state index contributed by atoms with van der Waals surface area (Å²) in [5.74, 6) is 2.02. The Kier molecular flexibility index (Phi) is 12.4. The molecule has 12 nitrogen and oxygen atoms in total. The van der Waals surface area contributed by atoms with Crippen LogP contribution in [0.3, 0.4) is 0 Å². The number of methoxy groups -OCH3 is 1. The molecule has 6 rings (SSSR count). The minimum Gasteiger partial charge on any atom is -0.494 e. The van der Waals surface area contributed by atoms with Crippen LogP contribution >= 0.6 is 11.6 Å². The molecule has 2 aliphatic rings. The highest BCUT2D eigenvalue weighted by molar-refractivity contribution is 7.85. The lowest BCUT2D eigenvalue weighted by Gasteiger charge is -2.40. The fraction of sp³-hybridized carbons (Fsp3) is 0.395. The molecular formula is C38H47ClN8O4S. The van der Waals surface area contributed by atoms with Crippen molar-refractivity contribution in [1.82, 2.24) is 19.8 Å². The summed E-state index contributed by atoms with van der Waals surface area (Å²) >= 11 is 6.50. The monoisotopic (exact) mass is 746 g/mol. The molecule has 0 spiro atoms. The van der Waals surface area contributed by atoms with Gasteiger partial charge in [0.2, 0.25) is 5.95 Å². The summed E-state index contributed by atoms with van der Waals surface area (Å²) in [6.07, 6.45) is 4.93. The summed E-state index contributed by atoms with van der Waals surface area (Å²) in [4.78, 5) is 28.5. The topological polar surface area (TPSA) is 115 Å². The third kappa shape index (κ3) is 9.25. The Labute approximate surface area is 313 Å². The molecule has 276 valence electrons. The van der Waals surface area contributed by atoms with Crippen LogP contribution in [-0.2, 0) is 22.3 Å². The molecule has 1 aromatic heterocycles. The molecule has 2 N–H and O–H groups in total. The first-order valence-electron chi connectivity index (χ1n) is 17.5. The van der Waals surface area contributed by atoms with Crippen molar-refractivity contribution >= 4 is 63.2 Å². The number of likely N-dealkylation sites (tertiary alicyclic amines) is 1. The van der Waals surface area contributed by atoms with Gasteiger partial charge in [0.1, 0.15) is 28.4 Å². The Hall–Kier alpha value is -4.59. The van der Waals surface area contributed by atoms with E-state index in [0.29, 0.717) is 40.8 Å². The molecule has 2 saturated heterocycles. The number of nitrogens with one attached hydrogen (secondary N) is 2. The lowest BCUT2D eigenvalue weighted by atomic mass is 9.96. The lowest BCUT2D eigenvalue weighted by Crippen LogP contribution is -2.49. The molecule has 3 heterocycles. The minimum atomic E-state index is -1.21. The maximum Gasteiger partial charge on any atom is 0.410 e. The number of carbonyl (C=O) groups excluding carboxylic acids is 1. The van der Waals surface area contributed by atoms with Crippen LogP contribution < -0.4 is 24.6 Å². The Balaban J connectivity index is 1.02. The smallest absolute Gasteiger partial charge is 0.410 e. The number of hydrogen-bond acceptors (Lipinski definition) is 10. The van der Waals surface area contributed by atoms with Gasteiger partial charge in [-0.25, -0.2) is 14.0 Å². The van der Waals surface area contributed by atoms with Gasteiger partial charge in [-0.05, 0) is 55.0 Å². The van der Waals surface area contributed by atoms with Gasteiger partial charge >= 0.3 is 6.09 Å². The largest absolute Gasteiger partial charge is 0.494 e. The van der Waals surface area contributed by atoms with Crippen molar-refractivity contribution in [3.63, 3.8) is 0 Å². The van der Waals surface area contributed by atoms with Crippen molar-refractivity contribution in [2.75, 3.05) is 86.1 Å². The van der Waals surface area contributed by atoms with Crippen LogP contribution in [0.5, 0.6) is 5.75 Å². The van der Waals surface area contributed by atoms with E-state index >= 15 is 0 Å². The molecule has 1 unspecified atom stereocenters. The van der Waals surface area contributed by atoms with E-state index in [2.05, 4.69) is 49.5 Å². The van der Waals surface area contributed by atoms with E-state index < -0.39 is 11.0 Å². The van der Waals surface area contributed by atoms with Crippen LogP contribution in [0.1, 0.15) is 24.0 Å². The molecule has 2 fully saturated rings. The molecule has 14 heteroatoms. The summed E-state index contributed by atoms with van der Waals surface area (Å²) in [7, 11) is 2.22. The fourth-order valence-electron chi connectivity index (χ4n) is 6.69. The number of carbonyl (C=O) groups is 1. The van der Waals surface area contributed by atoms with Gasteiger partial charge in [0.25, 0.3) is 0 Å². The number of piperazine rings is 1. The number of rotatable bonds is 12. The first kappa shape index (κ1) is 37.2. The highest BCUT2D eigenvalue weighted by Gasteiger charge is 2.27. The number of aryl methyl sites for hydroxylation is 1. The van der Waals surface area contributed by atoms with E-state index in [-0.39, 0.29) is 6.09 Å². The second-order valence-electron chi connectivity index (χ2n) is 13.2. The van der Waals surface area contributed by atoms with Crippen molar-refractivity contribution in [1.29, 1.82) is 0 Å². The first-order chi connectivity index (χ1) is 25.2. The van der Waals surface area contributed by atoms with Crippen molar-refractivity contribution < 1.29 is 18.5 Å². The Bertz CT molecular complexity index is 1850. The van der Waals surface area contributed by atoms with Crippen molar-refractivity contribution in [3.05, 3.63) is 89.1 Å². The quantitative estimate of drug-likeness (QED) is 0.160. The molecule has 0 saturated carbocycles. The summed E-state index contributed by atoms with van der Waals surface area (Å²) in [5.41, 5.74) is 5.46. The van der Waals surface area contributed by atoms with Crippen LogP contribution in [0.15, 0.2) is 72.9 Å². The van der Waals surface area contributed by atoms with Gasteiger partial charge < -0.3 is 29.9 Å². The zero-order valence-corrected chi connectivity index (χ0v) is 31.8. The number of amides is 1. The van der Waals surface area contributed by atoms with Crippen molar-refractivity contribution in [2.45, 2.75) is 26.4 Å².